The summed E-state index contributed by atoms with van der Waals surface area (Å²) in [6.07, 6.45) is 0.212. The van der Waals surface area contributed by atoms with Crippen LogP contribution in [-0.4, -0.2) is 25.3 Å². The van der Waals surface area contributed by atoms with Crippen LogP contribution in [0.1, 0.15) is 32.4 Å². The molecule has 4 heteroatoms. The first kappa shape index (κ1) is 13.3. The smallest absolute Gasteiger partial charge is 0.146 e. The van der Waals surface area contributed by atoms with Crippen LogP contribution >= 0.6 is 0 Å². The highest BCUT2D eigenvalue weighted by Gasteiger charge is 2.26. The molecule has 1 heterocycles. The van der Waals surface area contributed by atoms with Gasteiger partial charge in [-0.1, -0.05) is 12.1 Å². The molecule has 0 bridgehead atoms. The molecule has 0 aliphatic carbocycles. The molecule has 1 aromatic rings. The summed E-state index contributed by atoms with van der Waals surface area (Å²) in [5.74, 6) is -0.203. The Hall–Kier alpha value is -1.13. The number of morpholine rings is 1. The number of anilines is 1. The molecule has 2 unspecified atom stereocenters. The van der Waals surface area contributed by atoms with Gasteiger partial charge < -0.3 is 15.4 Å². The van der Waals surface area contributed by atoms with Gasteiger partial charge in [0, 0.05) is 19.1 Å². The van der Waals surface area contributed by atoms with Gasteiger partial charge in [-0.25, -0.2) is 4.39 Å². The van der Waals surface area contributed by atoms with Crippen molar-refractivity contribution in [2.45, 2.75) is 39.0 Å². The van der Waals surface area contributed by atoms with E-state index in [2.05, 4.69) is 0 Å². The molecule has 0 amide bonds. The summed E-state index contributed by atoms with van der Waals surface area (Å²) >= 11 is 0. The molecule has 18 heavy (non-hydrogen) atoms. The Bertz CT molecular complexity index is 412. The minimum Gasteiger partial charge on any atom is -0.372 e. The maximum absolute atomic E-state index is 14.1. The van der Waals surface area contributed by atoms with Gasteiger partial charge in [0.15, 0.2) is 0 Å². The average molecular weight is 252 g/mol. The minimum absolute atomic E-state index is 0.106. The maximum atomic E-state index is 14.1. The highest BCUT2D eigenvalue weighted by atomic mass is 19.1. The summed E-state index contributed by atoms with van der Waals surface area (Å²) in [7, 11) is 0. The summed E-state index contributed by atoms with van der Waals surface area (Å²) in [6, 6.07) is 4.93. The van der Waals surface area contributed by atoms with Gasteiger partial charge in [0.1, 0.15) is 5.82 Å². The second-order valence-electron chi connectivity index (χ2n) is 5.13. The normalized spacial score (nSPS) is 26.2. The van der Waals surface area contributed by atoms with Crippen molar-refractivity contribution in [3.63, 3.8) is 0 Å². The van der Waals surface area contributed by atoms with Crippen LogP contribution in [0.25, 0.3) is 0 Å². The van der Waals surface area contributed by atoms with Crippen LogP contribution in [0, 0.1) is 5.82 Å². The molecule has 2 rings (SSSR count). The fourth-order valence-electron chi connectivity index (χ4n) is 2.59. The number of nitrogens with two attached hydrogens (primary N) is 1. The van der Waals surface area contributed by atoms with Crippen molar-refractivity contribution in [2.24, 2.45) is 5.73 Å². The van der Waals surface area contributed by atoms with Crippen LogP contribution in [0.4, 0.5) is 10.1 Å². The first-order chi connectivity index (χ1) is 8.49. The van der Waals surface area contributed by atoms with Gasteiger partial charge >= 0.3 is 0 Å². The molecule has 100 valence electrons. The van der Waals surface area contributed by atoms with Crippen LogP contribution in [0.15, 0.2) is 18.2 Å². The van der Waals surface area contributed by atoms with E-state index >= 15 is 0 Å². The van der Waals surface area contributed by atoms with Gasteiger partial charge in [-0.15, -0.1) is 0 Å². The van der Waals surface area contributed by atoms with Gasteiger partial charge in [-0.3, -0.25) is 0 Å². The molecule has 1 aliphatic rings. The molecule has 0 aromatic heterocycles. The third-order valence-electron chi connectivity index (χ3n) is 3.24. The Kier molecular flexibility index (Phi) is 3.88. The second-order valence-corrected chi connectivity index (χ2v) is 5.13. The SMILES string of the molecule is CC1CN(c2c(F)cccc2[C@H](C)N)CC(C)O1. The summed E-state index contributed by atoms with van der Waals surface area (Å²) < 4.78 is 19.8. The molecule has 0 spiro atoms. The Balaban J connectivity index is 2.37. The Morgan fingerprint density at radius 3 is 2.50 bits per heavy atom. The van der Waals surface area contributed by atoms with Crippen molar-refractivity contribution >= 4 is 5.69 Å². The molecule has 0 radical (unpaired) electrons. The molecule has 1 saturated heterocycles. The predicted molar refractivity (Wildman–Crippen MR) is 71.2 cm³/mol. The van der Waals surface area contributed by atoms with E-state index in [1.165, 1.54) is 6.07 Å². The lowest BCUT2D eigenvalue weighted by atomic mass is 10.0. The van der Waals surface area contributed by atoms with Gasteiger partial charge in [0.2, 0.25) is 0 Å². The van der Waals surface area contributed by atoms with Crippen molar-refractivity contribution in [3.8, 4) is 0 Å². The zero-order chi connectivity index (χ0) is 13.3. The van der Waals surface area contributed by atoms with Crippen molar-refractivity contribution in [1.82, 2.24) is 0 Å². The van der Waals surface area contributed by atoms with Gasteiger partial charge in [-0.05, 0) is 32.4 Å². The lowest BCUT2D eigenvalue weighted by Gasteiger charge is -2.38. The number of ether oxygens (including phenoxy) is 1. The first-order valence-corrected chi connectivity index (χ1v) is 6.43. The van der Waals surface area contributed by atoms with Gasteiger partial charge in [0.25, 0.3) is 0 Å². The number of nitrogens with zero attached hydrogens (tertiary/aromatic N) is 1. The topological polar surface area (TPSA) is 38.5 Å². The molecular formula is C14H21FN2O. The Morgan fingerprint density at radius 2 is 1.94 bits per heavy atom. The van der Waals surface area contributed by atoms with E-state index in [1.54, 1.807) is 6.07 Å². The van der Waals surface area contributed by atoms with Crippen LogP contribution in [0.3, 0.4) is 0 Å². The van der Waals surface area contributed by atoms with Crippen molar-refractivity contribution in [1.29, 1.82) is 0 Å². The fraction of sp³-hybridized carbons (Fsp3) is 0.571. The van der Waals surface area contributed by atoms with Crippen LogP contribution in [0.5, 0.6) is 0 Å². The largest absolute Gasteiger partial charge is 0.372 e. The summed E-state index contributed by atoms with van der Waals surface area (Å²) in [4.78, 5) is 2.05. The number of benzene rings is 1. The standard InChI is InChI=1S/C14H21FN2O/c1-9-7-17(8-10(2)18-9)14-12(11(3)16)5-4-6-13(14)15/h4-6,9-11H,7-8,16H2,1-3H3/t9?,10?,11-/m0/s1. The zero-order valence-corrected chi connectivity index (χ0v) is 11.2. The number of hydrogen-bond acceptors (Lipinski definition) is 3. The third-order valence-corrected chi connectivity index (χ3v) is 3.24. The van der Waals surface area contributed by atoms with Crippen molar-refractivity contribution < 1.29 is 9.13 Å². The lowest BCUT2D eigenvalue weighted by Crippen LogP contribution is -2.46. The van der Waals surface area contributed by atoms with Crippen molar-refractivity contribution in [3.05, 3.63) is 29.6 Å². The molecule has 1 aliphatic heterocycles. The van der Waals surface area contributed by atoms with E-state index < -0.39 is 0 Å². The summed E-state index contributed by atoms with van der Waals surface area (Å²) in [5.41, 5.74) is 7.43. The highest BCUT2D eigenvalue weighted by molar-refractivity contribution is 5.56. The number of hydrogen-bond donors (Lipinski definition) is 1. The monoisotopic (exact) mass is 252 g/mol. The quantitative estimate of drug-likeness (QED) is 0.878. The number of para-hydroxylation sites is 1. The van der Waals surface area contributed by atoms with E-state index in [4.69, 9.17) is 10.5 Å². The fourth-order valence-corrected chi connectivity index (χ4v) is 2.59. The third kappa shape index (κ3) is 2.65. The Labute approximate surface area is 108 Å². The minimum atomic E-state index is -0.203. The van der Waals surface area contributed by atoms with Gasteiger partial charge in [0.05, 0.1) is 17.9 Å². The molecule has 1 aromatic carbocycles. The molecule has 3 nitrogen and oxygen atoms in total. The van der Waals surface area contributed by atoms with E-state index in [0.29, 0.717) is 18.8 Å². The molecule has 1 fully saturated rings. The predicted octanol–water partition coefficient (Wildman–Crippen LogP) is 2.46. The summed E-state index contributed by atoms with van der Waals surface area (Å²) in [6.45, 7) is 7.30. The van der Waals surface area contributed by atoms with E-state index in [1.807, 2.05) is 31.7 Å². The first-order valence-electron chi connectivity index (χ1n) is 6.43. The highest BCUT2D eigenvalue weighted by Crippen LogP contribution is 2.30. The van der Waals surface area contributed by atoms with Crippen LogP contribution in [-0.2, 0) is 4.74 Å². The Morgan fingerprint density at radius 1 is 1.33 bits per heavy atom. The number of rotatable bonds is 2. The average Bonchev–Trinajstić information content (AvgIpc) is 2.26. The van der Waals surface area contributed by atoms with E-state index in [9.17, 15) is 4.39 Å². The van der Waals surface area contributed by atoms with Crippen molar-refractivity contribution in [2.75, 3.05) is 18.0 Å². The summed E-state index contributed by atoms with van der Waals surface area (Å²) in [5, 5.41) is 0. The van der Waals surface area contributed by atoms with E-state index in [-0.39, 0.29) is 24.1 Å². The molecule has 2 N–H and O–H groups in total. The molecule has 3 atom stereocenters. The molecular weight excluding hydrogens is 231 g/mol. The van der Waals surface area contributed by atoms with Gasteiger partial charge in [-0.2, -0.15) is 0 Å². The lowest BCUT2D eigenvalue weighted by molar-refractivity contribution is -0.00545. The number of halogens is 1. The maximum Gasteiger partial charge on any atom is 0.146 e. The van der Waals surface area contributed by atoms with E-state index in [0.717, 1.165) is 5.56 Å². The second kappa shape index (κ2) is 5.24. The zero-order valence-electron chi connectivity index (χ0n) is 11.2. The molecule has 0 saturated carbocycles. The van der Waals surface area contributed by atoms with Crippen LogP contribution < -0.4 is 10.6 Å². The van der Waals surface area contributed by atoms with Crippen LogP contribution in [0.2, 0.25) is 0 Å².